The standard InChI is InChI=1S/C20H31N5O2/c26-19-15-16-5-1-4-8-18(16)22-25(19)14-11-23-9-12-24(13-10-23)20(27)21-17-6-2-3-7-17/h15,17H,1-14H2,(H,21,27). The molecule has 1 saturated carbocycles. The smallest absolute Gasteiger partial charge is 0.317 e. The summed E-state index contributed by atoms with van der Waals surface area (Å²) < 4.78 is 1.63. The molecule has 1 saturated heterocycles. The topological polar surface area (TPSA) is 70.5 Å². The van der Waals surface area contributed by atoms with E-state index in [1.807, 2.05) is 4.90 Å². The van der Waals surface area contributed by atoms with Crippen molar-refractivity contribution in [2.45, 2.75) is 64.0 Å². The fourth-order valence-electron chi connectivity index (χ4n) is 4.51. The van der Waals surface area contributed by atoms with Crippen LogP contribution in [0.2, 0.25) is 0 Å². The Morgan fingerprint density at radius 2 is 1.78 bits per heavy atom. The largest absolute Gasteiger partial charge is 0.335 e. The maximum atomic E-state index is 12.4. The van der Waals surface area contributed by atoms with E-state index in [1.165, 1.54) is 19.3 Å². The predicted octanol–water partition coefficient (Wildman–Crippen LogP) is 1.39. The Morgan fingerprint density at radius 1 is 1.04 bits per heavy atom. The van der Waals surface area contributed by atoms with Crippen molar-refractivity contribution in [1.29, 1.82) is 0 Å². The summed E-state index contributed by atoms with van der Waals surface area (Å²) in [5, 5.41) is 7.77. The number of nitrogens with zero attached hydrogens (tertiary/aromatic N) is 4. The zero-order valence-corrected chi connectivity index (χ0v) is 16.2. The van der Waals surface area contributed by atoms with E-state index in [2.05, 4.69) is 15.3 Å². The molecule has 7 heteroatoms. The Hall–Kier alpha value is -1.89. The quantitative estimate of drug-likeness (QED) is 0.866. The van der Waals surface area contributed by atoms with Crippen LogP contribution in [0.25, 0.3) is 0 Å². The van der Waals surface area contributed by atoms with Gasteiger partial charge in [-0.1, -0.05) is 12.8 Å². The summed E-state index contributed by atoms with van der Waals surface area (Å²) in [7, 11) is 0. The summed E-state index contributed by atoms with van der Waals surface area (Å²) in [6, 6.07) is 2.25. The van der Waals surface area contributed by atoms with Crippen LogP contribution in [0.15, 0.2) is 10.9 Å². The second-order valence-corrected chi connectivity index (χ2v) is 8.14. The van der Waals surface area contributed by atoms with Gasteiger partial charge in [0.15, 0.2) is 0 Å². The summed E-state index contributed by atoms with van der Waals surface area (Å²) >= 11 is 0. The number of carbonyl (C=O) groups is 1. The molecule has 1 aliphatic heterocycles. The van der Waals surface area contributed by atoms with Crippen molar-refractivity contribution in [3.8, 4) is 0 Å². The molecule has 0 radical (unpaired) electrons. The van der Waals surface area contributed by atoms with Gasteiger partial charge < -0.3 is 10.2 Å². The van der Waals surface area contributed by atoms with Gasteiger partial charge >= 0.3 is 6.03 Å². The predicted molar refractivity (Wildman–Crippen MR) is 104 cm³/mol. The minimum atomic E-state index is 0.0187. The molecule has 1 aromatic heterocycles. The Bertz CT molecular complexity index is 718. The molecule has 2 amide bonds. The second-order valence-electron chi connectivity index (χ2n) is 8.14. The van der Waals surface area contributed by atoms with E-state index < -0.39 is 0 Å². The van der Waals surface area contributed by atoms with E-state index in [-0.39, 0.29) is 11.6 Å². The van der Waals surface area contributed by atoms with Gasteiger partial charge in [-0.2, -0.15) is 5.10 Å². The Balaban J connectivity index is 1.25. The minimum Gasteiger partial charge on any atom is -0.335 e. The van der Waals surface area contributed by atoms with E-state index in [0.717, 1.165) is 76.1 Å². The van der Waals surface area contributed by atoms with E-state index >= 15 is 0 Å². The van der Waals surface area contributed by atoms with Gasteiger partial charge in [-0.3, -0.25) is 9.69 Å². The molecule has 4 rings (SSSR count). The average Bonchev–Trinajstić information content (AvgIpc) is 3.19. The Kier molecular flexibility index (Phi) is 5.76. The van der Waals surface area contributed by atoms with Crippen LogP contribution >= 0.6 is 0 Å². The molecule has 2 aliphatic carbocycles. The monoisotopic (exact) mass is 373 g/mol. The third-order valence-corrected chi connectivity index (χ3v) is 6.24. The number of aryl methyl sites for hydroxylation is 2. The first-order valence-electron chi connectivity index (χ1n) is 10.6. The van der Waals surface area contributed by atoms with E-state index in [9.17, 15) is 9.59 Å². The van der Waals surface area contributed by atoms with Gasteiger partial charge in [-0.25, -0.2) is 9.48 Å². The number of carbonyl (C=O) groups excluding carboxylic acids is 1. The molecule has 0 unspecified atom stereocenters. The minimum absolute atomic E-state index is 0.0187. The molecular formula is C20H31N5O2. The van der Waals surface area contributed by atoms with Crippen LogP contribution in [-0.2, 0) is 19.4 Å². The molecular weight excluding hydrogens is 342 g/mol. The highest BCUT2D eigenvalue weighted by Gasteiger charge is 2.24. The van der Waals surface area contributed by atoms with Gasteiger partial charge in [0.25, 0.3) is 5.56 Å². The molecule has 2 fully saturated rings. The average molecular weight is 374 g/mol. The summed E-state index contributed by atoms with van der Waals surface area (Å²) in [6.45, 7) is 4.66. The first-order valence-corrected chi connectivity index (χ1v) is 10.6. The summed E-state index contributed by atoms with van der Waals surface area (Å²) in [5.41, 5.74) is 2.27. The third kappa shape index (κ3) is 4.51. The van der Waals surface area contributed by atoms with Gasteiger partial charge in [0.1, 0.15) is 0 Å². The lowest BCUT2D eigenvalue weighted by Crippen LogP contribution is -2.53. The maximum absolute atomic E-state index is 12.4. The van der Waals surface area contributed by atoms with Crippen molar-refractivity contribution in [2.24, 2.45) is 0 Å². The number of piperazine rings is 1. The number of rotatable bonds is 4. The highest BCUT2D eigenvalue weighted by Crippen LogP contribution is 2.18. The van der Waals surface area contributed by atoms with Crippen molar-refractivity contribution in [3.05, 3.63) is 27.7 Å². The number of nitrogens with one attached hydrogen (secondary N) is 1. The second kappa shape index (κ2) is 8.42. The molecule has 0 aromatic carbocycles. The molecule has 0 spiro atoms. The lowest BCUT2D eigenvalue weighted by atomic mass is 9.97. The maximum Gasteiger partial charge on any atom is 0.317 e. The van der Waals surface area contributed by atoms with Crippen molar-refractivity contribution < 1.29 is 4.79 Å². The summed E-state index contributed by atoms with van der Waals surface area (Å²) in [5.74, 6) is 0. The number of urea groups is 1. The lowest BCUT2D eigenvalue weighted by molar-refractivity contribution is 0.133. The summed E-state index contributed by atoms with van der Waals surface area (Å²) in [6.07, 6.45) is 9.01. The first-order chi connectivity index (χ1) is 13.2. The van der Waals surface area contributed by atoms with Gasteiger partial charge in [-0.05, 0) is 44.1 Å². The Labute approximate surface area is 160 Å². The molecule has 3 aliphatic rings. The normalized spacial score (nSPS) is 21.3. The van der Waals surface area contributed by atoms with E-state index in [0.29, 0.717) is 12.6 Å². The zero-order valence-electron chi connectivity index (χ0n) is 16.2. The van der Waals surface area contributed by atoms with Crippen LogP contribution in [-0.4, -0.2) is 64.4 Å². The lowest BCUT2D eigenvalue weighted by Gasteiger charge is -2.35. The Morgan fingerprint density at radius 3 is 2.56 bits per heavy atom. The molecule has 148 valence electrons. The molecule has 0 atom stereocenters. The van der Waals surface area contributed by atoms with Crippen LogP contribution in [0.1, 0.15) is 49.8 Å². The van der Waals surface area contributed by atoms with E-state index in [1.54, 1.807) is 10.7 Å². The third-order valence-electron chi connectivity index (χ3n) is 6.24. The zero-order chi connectivity index (χ0) is 18.6. The molecule has 7 nitrogen and oxygen atoms in total. The number of amides is 2. The van der Waals surface area contributed by atoms with Crippen LogP contribution in [0.5, 0.6) is 0 Å². The van der Waals surface area contributed by atoms with Gasteiger partial charge in [0, 0.05) is 44.8 Å². The number of fused-ring (bicyclic) bond motifs is 1. The fourth-order valence-corrected chi connectivity index (χ4v) is 4.51. The van der Waals surface area contributed by atoms with Gasteiger partial charge in [0.2, 0.25) is 0 Å². The molecule has 0 bridgehead atoms. The number of hydrogen-bond donors (Lipinski definition) is 1. The van der Waals surface area contributed by atoms with E-state index in [4.69, 9.17) is 0 Å². The molecule has 1 N–H and O–H groups in total. The fraction of sp³-hybridized carbons (Fsp3) is 0.750. The highest BCUT2D eigenvalue weighted by molar-refractivity contribution is 5.74. The SMILES string of the molecule is O=C(NC1CCCC1)N1CCN(CCn2nc3c(cc2=O)CCCC3)CC1. The molecule has 27 heavy (non-hydrogen) atoms. The van der Waals surface area contributed by atoms with Crippen molar-refractivity contribution in [1.82, 2.24) is 24.9 Å². The van der Waals surface area contributed by atoms with Gasteiger partial charge in [0.05, 0.1) is 12.2 Å². The first kappa shape index (κ1) is 18.5. The summed E-state index contributed by atoms with van der Waals surface area (Å²) in [4.78, 5) is 28.9. The van der Waals surface area contributed by atoms with Crippen molar-refractivity contribution >= 4 is 6.03 Å². The molecule has 2 heterocycles. The van der Waals surface area contributed by atoms with Crippen LogP contribution in [0, 0.1) is 0 Å². The highest BCUT2D eigenvalue weighted by atomic mass is 16.2. The number of hydrogen-bond acceptors (Lipinski definition) is 4. The van der Waals surface area contributed by atoms with Crippen molar-refractivity contribution in [3.63, 3.8) is 0 Å². The van der Waals surface area contributed by atoms with Gasteiger partial charge in [-0.15, -0.1) is 0 Å². The van der Waals surface area contributed by atoms with Crippen LogP contribution in [0.4, 0.5) is 4.79 Å². The van der Waals surface area contributed by atoms with Crippen molar-refractivity contribution in [2.75, 3.05) is 32.7 Å². The van der Waals surface area contributed by atoms with Crippen LogP contribution < -0.4 is 10.9 Å². The van der Waals surface area contributed by atoms with Crippen LogP contribution in [0.3, 0.4) is 0 Å². The number of aromatic nitrogens is 2. The molecule has 1 aromatic rings.